The van der Waals surface area contributed by atoms with Crippen LogP contribution in [-0.4, -0.2) is 42.3 Å². The lowest BCUT2D eigenvalue weighted by atomic mass is 9.94. The standard InChI is InChI=1S/C14H23NO4/c1-14(2,3)19-13(17)15-8-9-6-5-7-10(9)11(15)12(16)18-4/h9-11H,5-8H2,1-4H3/t9-,10-,11-/m0/s1. The Balaban J connectivity index is 2.14. The van der Waals surface area contributed by atoms with Crippen molar-refractivity contribution in [1.82, 2.24) is 4.90 Å². The van der Waals surface area contributed by atoms with Gasteiger partial charge in [0.25, 0.3) is 0 Å². The molecular formula is C14H23NO4. The third-order valence-corrected chi connectivity index (χ3v) is 3.96. The highest BCUT2D eigenvalue weighted by atomic mass is 16.6. The van der Waals surface area contributed by atoms with Crippen LogP contribution in [-0.2, 0) is 14.3 Å². The van der Waals surface area contributed by atoms with Gasteiger partial charge in [-0.15, -0.1) is 0 Å². The van der Waals surface area contributed by atoms with Crippen LogP contribution in [0.4, 0.5) is 4.79 Å². The molecule has 19 heavy (non-hydrogen) atoms. The highest BCUT2D eigenvalue weighted by Gasteiger charge is 2.51. The monoisotopic (exact) mass is 269 g/mol. The molecule has 1 saturated carbocycles. The number of likely N-dealkylation sites (tertiary alicyclic amines) is 1. The predicted molar refractivity (Wildman–Crippen MR) is 69.6 cm³/mol. The molecule has 0 aromatic heterocycles. The molecule has 0 radical (unpaired) electrons. The summed E-state index contributed by atoms with van der Waals surface area (Å²) in [6, 6.07) is -0.465. The van der Waals surface area contributed by atoms with Crippen molar-refractivity contribution in [3.63, 3.8) is 0 Å². The first-order valence-electron chi connectivity index (χ1n) is 6.91. The Morgan fingerprint density at radius 3 is 2.47 bits per heavy atom. The SMILES string of the molecule is COC(=O)[C@@H]1[C@H]2CCC[C@H]2CN1C(=O)OC(C)(C)C. The van der Waals surface area contributed by atoms with Crippen LogP contribution in [0.5, 0.6) is 0 Å². The highest BCUT2D eigenvalue weighted by molar-refractivity contribution is 5.82. The van der Waals surface area contributed by atoms with Crippen molar-refractivity contribution >= 4 is 12.1 Å². The molecule has 1 aliphatic heterocycles. The van der Waals surface area contributed by atoms with Gasteiger partial charge in [0.2, 0.25) is 0 Å². The largest absolute Gasteiger partial charge is 0.467 e. The van der Waals surface area contributed by atoms with Crippen LogP contribution in [0, 0.1) is 11.8 Å². The molecule has 0 aromatic rings. The number of rotatable bonds is 1. The Morgan fingerprint density at radius 1 is 1.21 bits per heavy atom. The molecule has 2 fully saturated rings. The number of carbonyl (C=O) groups is 2. The van der Waals surface area contributed by atoms with E-state index < -0.39 is 17.7 Å². The summed E-state index contributed by atoms with van der Waals surface area (Å²) in [6.45, 7) is 6.10. The summed E-state index contributed by atoms with van der Waals surface area (Å²) in [5, 5.41) is 0. The second-order valence-electron chi connectivity index (χ2n) is 6.46. The molecule has 1 saturated heterocycles. The topological polar surface area (TPSA) is 55.8 Å². The summed E-state index contributed by atoms with van der Waals surface area (Å²) in [5.74, 6) is 0.330. The minimum atomic E-state index is -0.546. The molecule has 2 aliphatic rings. The maximum Gasteiger partial charge on any atom is 0.411 e. The molecule has 3 atom stereocenters. The van der Waals surface area contributed by atoms with Crippen molar-refractivity contribution in [2.75, 3.05) is 13.7 Å². The van der Waals surface area contributed by atoms with Crippen LogP contribution in [0.3, 0.4) is 0 Å². The van der Waals surface area contributed by atoms with Gasteiger partial charge in [-0.2, -0.15) is 0 Å². The molecule has 0 unspecified atom stereocenters. The van der Waals surface area contributed by atoms with Crippen molar-refractivity contribution in [2.24, 2.45) is 11.8 Å². The number of nitrogens with zero attached hydrogens (tertiary/aromatic N) is 1. The Labute approximate surface area is 114 Å². The van der Waals surface area contributed by atoms with Crippen molar-refractivity contribution in [1.29, 1.82) is 0 Å². The van der Waals surface area contributed by atoms with Crippen LogP contribution in [0.2, 0.25) is 0 Å². The minimum absolute atomic E-state index is 0.236. The average molecular weight is 269 g/mol. The van der Waals surface area contributed by atoms with Gasteiger partial charge in [-0.1, -0.05) is 6.42 Å². The van der Waals surface area contributed by atoms with Gasteiger partial charge < -0.3 is 9.47 Å². The Hall–Kier alpha value is -1.26. The van der Waals surface area contributed by atoms with Crippen LogP contribution in [0.15, 0.2) is 0 Å². The molecule has 5 heteroatoms. The van der Waals surface area contributed by atoms with Crippen LogP contribution >= 0.6 is 0 Å². The van der Waals surface area contributed by atoms with Crippen LogP contribution in [0.1, 0.15) is 40.0 Å². The fourth-order valence-electron chi connectivity index (χ4n) is 3.24. The van der Waals surface area contributed by atoms with E-state index in [1.165, 1.54) is 7.11 Å². The normalized spacial score (nSPS) is 30.1. The maximum atomic E-state index is 12.2. The van der Waals surface area contributed by atoms with Gasteiger partial charge in [0.1, 0.15) is 11.6 Å². The van der Waals surface area contributed by atoms with Gasteiger partial charge >= 0.3 is 12.1 Å². The van der Waals surface area contributed by atoms with Gasteiger partial charge in [0.15, 0.2) is 0 Å². The molecule has 1 aliphatic carbocycles. The third kappa shape index (κ3) is 2.85. The lowest BCUT2D eigenvalue weighted by Gasteiger charge is -2.28. The van der Waals surface area contributed by atoms with Gasteiger partial charge in [0, 0.05) is 6.54 Å². The molecule has 5 nitrogen and oxygen atoms in total. The van der Waals surface area contributed by atoms with Crippen molar-refractivity contribution in [2.45, 2.75) is 51.7 Å². The second kappa shape index (κ2) is 5.02. The van der Waals surface area contributed by atoms with E-state index in [9.17, 15) is 9.59 Å². The molecule has 1 heterocycles. The molecule has 0 bridgehead atoms. The first-order valence-corrected chi connectivity index (χ1v) is 6.91. The Kier molecular flexibility index (Phi) is 3.74. The molecule has 0 N–H and O–H groups in total. The van der Waals surface area contributed by atoms with Crippen molar-refractivity contribution < 1.29 is 19.1 Å². The van der Waals surface area contributed by atoms with Crippen molar-refractivity contribution in [3.05, 3.63) is 0 Å². The smallest absolute Gasteiger partial charge is 0.411 e. The Morgan fingerprint density at radius 2 is 1.89 bits per heavy atom. The molecule has 0 spiro atoms. The van der Waals surface area contributed by atoms with Crippen LogP contribution in [0.25, 0.3) is 0 Å². The third-order valence-electron chi connectivity index (χ3n) is 3.96. The number of hydrogen-bond acceptors (Lipinski definition) is 4. The van der Waals surface area contributed by atoms with E-state index in [4.69, 9.17) is 9.47 Å². The van der Waals surface area contributed by atoms with Crippen molar-refractivity contribution in [3.8, 4) is 0 Å². The second-order valence-corrected chi connectivity index (χ2v) is 6.46. The Bertz CT molecular complexity index is 374. The first kappa shape index (κ1) is 14.2. The van der Waals surface area contributed by atoms with E-state index in [1.54, 1.807) is 4.90 Å². The fourth-order valence-corrected chi connectivity index (χ4v) is 3.24. The van der Waals surface area contributed by atoms with E-state index in [1.807, 2.05) is 20.8 Å². The number of esters is 1. The number of hydrogen-bond donors (Lipinski definition) is 0. The van der Waals surface area contributed by atoms with Crippen LogP contribution < -0.4 is 0 Å². The summed E-state index contributed by atoms with van der Waals surface area (Å²) in [5.41, 5.74) is -0.546. The van der Waals surface area contributed by atoms with E-state index in [-0.39, 0.29) is 11.9 Å². The summed E-state index contributed by atoms with van der Waals surface area (Å²) in [6.07, 6.45) is 2.80. The summed E-state index contributed by atoms with van der Waals surface area (Å²) < 4.78 is 10.3. The molecule has 1 amide bonds. The van der Waals surface area contributed by atoms with Gasteiger partial charge in [-0.05, 0) is 45.4 Å². The van der Waals surface area contributed by atoms with E-state index in [2.05, 4.69) is 0 Å². The number of fused-ring (bicyclic) bond motifs is 1. The molecular weight excluding hydrogens is 246 g/mol. The number of ether oxygens (including phenoxy) is 2. The lowest BCUT2D eigenvalue weighted by molar-refractivity contribution is -0.147. The van der Waals surface area contributed by atoms with Gasteiger partial charge in [-0.3, -0.25) is 4.90 Å². The highest BCUT2D eigenvalue weighted by Crippen LogP contribution is 2.42. The minimum Gasteiger partial charge on any atom is -0.467 e. The summed E-state index contributed by atoms with van der Waals surface area (Å²) in [4.78, 5) is 25.7. The molecule has 108 valence electrons. The van der Waals surface area contributed by atoms with Gasteiger partial charge in [-0.25, -0.2) is 9.59 Å². The maximum absolute atomic E-state index is 12.2. The summed E-state index contributed by atoms with van der Waals surface area (Å²) >= 11 is 0. The predicted octanol–water partition coefficient (Wildman–Crippen LogP) is 2.20. The number of carbonyl (C=O) groups excluding carboxylic acids is 2. The number of methoxy groups -OCH3 is 1. The fraction of sp³-hybridized carbons (Fsp3) is 0.857. The van der Waals surface area contributed by atoms with E-state index >= 15 is 0 Å². The zero-order valence-corrected chi connectivity index (χ0v) is 12.1. The lowest BCUT2D eigenvalue weighted by Crippen LogP contribution is -2.46. The quantitative estimate of drug-likeness (QED) is 0.685. The first-order chi connectivity index (χ1) is 8.83. The van der Waals surface area contributed by atoms with Gasteiger partial charge in [0.05, 0.1) is 7.11 Å². The summed E-state index contributed by atoms with van der Waals surface area (Å²) in [7, 11) is 1.37. The average Bonchev–Trinajstić information content (AvgIpc) is 2.84. The van der Waals surface area contributed by atoms with E-state index in [0.29, 0.717) is 12.5 Å². The number of amides is 1. The zero-order valence-electron chi connectivity index (χ0n) is 12.1. The molecule has 0 aromatic carbocycles. The molecule has 2 rings (SSSR count). The van der Waals surface area contributed by atoms with E-state index in [0.717, 1.165) is 19.3 Å². The zero-order chi connectivity index (χ0) is 14.2.